The number of halogens is 2. The minimum atomic E-state index is -0.415. The van der Waals surface area contributed by atoms with Crippen LogP contribution in [-0.4, -0.2) is 12.0 Å². The zero-order chi connectivity index (χ0) is 14.7. The molecule has 0 aliphatic heterocycles. The van der Waals surface area contributed by atoms with Gasteiger partial charge in [-0.3, -0.25) is 10.1 Å². The van der Waals surface area contributed by atoms with Crippen molar-refractivity contribution in [3.63, 3.8) is 0 Å². The van der Waals surface area contributed by atoms with E-state index >= 15 is 0 Å². The molecule has 5 nitrogen and oxygen atoms in total. The fraction of sp³-hybridized carbons (Fsp3) is 0.0769. The maximum absolute atomic E-state index is 10.8. The van der Waals surface area contributed by atoms with Crippen molar-refractivity contribution in [2.24, 2.45) is 0 Å². The Morgan fingerprint density at radius 1 is 1.05 bits per heavy atom. The first-order valence-corrected chi connectivity index (χ1v) is 7.62. The number of nitro benzene ring substituents is 1. The topological polar surface area (TPSA) is 61.6 Å². The predicted molar refractivity (Wildman–Crippen MR) is 91.6 cm³/mol. The smallest absolute Gasteiger partial charge is 0.271 e. The monoisotopic (exact) mass is 497 g/mol. The van der Waals surface area contributed by atoms with Gasteiger partial charge in [0.15, 0.2) is 5.75 Å². The predicted octanol–water partition coefficient (Wildman–Crippen LogP) is 4.60. The molecule has 0 heterocycles. The van der Waals surface area contributed by atoms with Gasteiger partial charge in [0.1, 0.15) is 11.5 Å². The first kappa shape index (κ1) is 15.3. The minimum absolute atomic E-state index is 0.0564. The lowest BCUT2D eigenvalue weighted by Gasteiger charge is -2.10. The van der Waals surface area contributed by atoms with Gasteiger partial charge in [0.05, 0.1) is 19.2 Å². The van der Waals surface area contributed by atoms with Crippen LogP contribution in [0.2, 0.25) is 0 Å². The molecule has 0 bridgehead atoms. The van der Waals surface area contributed by atoms with E-state index in [4.69, 9.17) is 9.47 Å². The largest absolute Gasteiger partial charge is 0.497 e. The summed E-state index contributed by atoms with van der Waals surface area (Å²) in [6, 6.07) is 10.1. The molecule has 0 aliphatic carbocycles. The molecule has 20 heavy (non-hydrogen) atoms. The normalized spacial score (nSPS) is 10.2. The van der Waals surface area contributed by atoms with Gasteiger partial charge in [-0.15, -0.1) is 0 Å². The summed E-state index contributed by atoms with van der Waals surface area (Å²) in [7, 11) is 1.60. The number of benzene rings is 2. The van der Waals surface area contributed by atoms with Crippen molar-refractivity contribution in [3.05, 3.63) is 53.7 Å². The molecule has 0 radical (unpaired) electrons. The molecule has 0 atom stereocenters. The molecule has 0 saturated heterocycles. The molecule has 0 N–H and O–H groups in total. The highest BCUT2D eigenvalue weighted by Crippen LogP contribution is 2.35. The Morgan fingerprint density at radius 2 is 1.55 bits per heavy atom. The molecule has 0 amide bonds. The summed E-state index contributed by atoms with van der Waals surface area (Å²) in [6.07, 6.45) is 0. The maximum Gasteiger partial charge on any atom is 0.271 e. The molecule has 0 aliphatic rings. The summed E-state index contributed by atoms with van der Waals surface area (Å²) in [4.78, 5) is 10.4. The number of ether oxygens (including phenoxy) is 2. The Morgan fingerprint density at radius 3 is 2.00 bits per heavy atom. The van der Waals surface area contributed by atoms with Gasteiger partial charge >= 0.3 is 0 Å². The molecule has 0 unspecified atom stereocenters. The standard InChI is InChI=1S/C13H9I2NO4/c1-19-9-2-4-10(5-3-9)20-13-11(14)6-8(16(17)18)7-12(13)15/h2-7H,1H3. The Hall–Kier alpha value is -1.10. The average Bonchev–Trinajstić information content (AvgIpc) is 2.43. The molecule has 2 rings (SSSR count). The van der Waals surface area contributed by atoms with Gasteiger partial charge in [0.25, 0.3) is 5.69 Å². The number of hydrogen-bond acceptors (Lipinski definition) is 4. The van der Waals surface area contributed by atoms with Crippen molar-refractivity contribution < 1.29 is 14.4 Å². The highest BCUT2D eigenvalue weighted by atomic mass is 127. The summed E-state index contributed by atoms with van der Waals surface area (Å²) < 4.78 is 12.2. The van der Waals surface area contributed by atoms with Gasteiger partial charge < -0.3 is 9.47 Å². The lowest BCUT2D eigenvalue weighted by Crippen LogP contribution is -1.95. The number of methoxy groups -OCH3 is 1. The van der Waals surface area contributed by atoms with Crippen LogP contribution in [0.15, 0.2) is 36.4 Å². The van der Waals surface area contributed by atoms with Gasteiger partial charge in [-0.1, -0.05) is 0 Å². The van der Waals surface area contributed by atoms with E-state index < -0.39 is 4.92 Å². The molecular formula is C13H9I2NO4. The van der Waals surface area contributed by atoms with Crippen LogP contribution < -0.4 is 9.47 Å². The summed E-state index contributed by atoms with van der Waals surface area (Å²) >= 11 is 4.05. The van der Waals surface area contributed by atoms with Crippen LogP contribution in [-0.2, 0) is 0 Å². The lowest BCUT2D eigenvalue weighted by molar-refractivity contribution is -0.385. The fourth-order valence-corrected chi connectivity index (χ4v) is 3.47. The first-order valence-electron chi connectivity index (χ1n) is 5.46. The van der Waals surface area contributed by atoms with Gasteiger partial charge in [0, 0.05) is 12.1 Å². The number of rotatable bonds is 4. The third-order valence-corrected chi connectivity index (χ3v) is 4.08. The van der Waals surface area contributed by atoms with Gasteiger partial charge in [-0.05, 0) is 69.4 Å². The molecule has 7 heteroatoms. The van der Waals surface area contributed by atoms with E-state index in [9.17, 15) is 10.1 Å². The van der Waals surface area contributed by atoms with Crippen LogP contribution in [0.5, 0.6) is 17.2 Å². The van der Waals surface area contributed by atoms with Crippen LogP contribution in [0, 0.1) is 17.3 Å². The molecule has 0 spiro atoms. The van der Waals surface area contributed by atoms with E-state index in [1.165, 1.54) is 12.1 Å². The summed E-state index contributed by atoms with van der Waals surface area (Å²) in [5, 5.41) is 10.8. The second-order valence-corrected chi connectivity index (χ2v) is 6.10. The maximum atomic E-state index is 10.8. The van der Waals surface area contributed by atoms with Gasteiger partial charge in [-0.25, -0.2) is 0 Å². The van der Waals surface area contributed by atoms with E-state index in [2.05, 4.69) is 0 Å². The van der Waals surface area contributed by atoms with Crippen molar-refractivity contribution in [1.29, 1.82) is 0 Å². The second-order valence-electron chi connectivity index (χ2n) is 3.77. The zero-order valence-electron chi connectivity index (χ0n) is 10.3. The Kier molecular flexibility index (Phi) is 5.02. The SMILES string of the molecule is COc1ccc(Oc2c(I)cc([N+](=O)[O-])cc2I)cc1. The van der Waals surface area contributed by atoms with E-state index in [0.29, 0.717) is 18.6 Å². The highest BCUT2D eigenvalue weighted by molar-refractivity contribution is 14.1. The minimum Gasteiger partial charge on any atom is -0.497 e. The van der Waals surface area contributed by atoms with Crippen LogP contribution in [0.25, 0.3) is 0 Å². The van der Waals surface area contributed by atoms with Crippen molar-refractivity contribution in [2.75, 3.05) is 7.11 Å². The average molecular weight is 497 g/mol. The van der Waals surface area contributed by atoms with E-state index in [-0.39, 0.29) is 5.69 Å². The molecule has 104 valence electrons. The number of nitrogens with zero attached hydrogens (tertiary/aromatic N) is 1. The Bertz CT molecular complexity index is 620. The van der Waals surface area contributed by atoms with E-state index in [0.717, 1.165) is 5.75 Å². The molecule has 0 saturated carbocycles. The Labute approximate surface area is 142 Å². The highest BCUT2D eigenvalue weighted by Gasteiger charge is 2.15. The number of hydrogen-bond donors (Lipinski definition) is 0. The van der Waals surface area contributed by atoms with Crippen LogP contribution in [0.4, 0.5) is 5.69 Å². The van der Waals surface area contributed by atoms with Crippen LogP contribution in [0.1, 0.15) is 0 Å². The molecule has 2 aromatic carbocycles. The summed E-state index contributed by atoms with van der Waals surface area (Å²) in [5.41, 5.74) is 0.0564. The second kappa shape index (κ2) is 6.57. The van der Waals surface area contributed by atoms with E-state index in [1.807, 2.05) is 45.2 Å². The van der Waals surface area contributed by atoms with E-state index in [1.54, 1.807) is 31.4 Å². The Balaban J connectivity index is 2.30. The van der Waals surface area contributed by atoms with Crippen LogP contribution >= 0.6 is 45.2 Å². The molecule has 0 aromatic heterocycles. The summed E-state index contributed by atoms with van der Waals surface area (Å²) in [5.74, 6) is 2.00. The zero-order valence-corrected chi connectivity index (χ0v) is 14.6. The quantitative estimate of drug-likeness (QED) is 0.352. The third-order valence-electron chi connectivity index (χ3n) is 2.47. The fourth-order valence-electron chi connectivity index (χ4n) is 1.51. The first-order chi connectivity index (χ1) is 9.51. The van der Waals surface area contributed by atoms with Crippen molar-refractivity contribution >= 4 is 50.9 Å². The lowest BCUT2D eigenvalue weighted by atomic mass is 10.3. The van der Waals surface area contributed by atoms with Gasteiger partial charge in [-0.2, -0.15) is 0 Å². The number of non-ortho nitro benzene ring substituents is 1. The third kappa shape index (κ3) is 3.51. The summed E-state index contributed by atoms with van der Waals surface area (Å²) in [6.45, 7) is 0. The van der Waals surface area contributed by atoms with Crippen LogP contribution in [0.3, 0.4) is 0 Å². The van der Waals surface area contributed by atoms with Crippen molar-refractivity contribution in [1.82, 2.24) is 0 Å². The molecular weight excluding hydrogens is 488 g/mol. The van der Waals surface area contributed by atoms with Gasteiger partial charge in [0.2, 0.25) is 0 Å². The van der Waals surface area contributed by atoms with Crippen molar-refractivity contribution in [3.8, 4) is 17.2 Å². The van der Waals surface area contributed by atoms with Crippen molar-refractivity contribution in [2.45, 2.75) is 0 Å². The molecule has 0 fully saturated rings. The number of nitro groups is 1. The molecule has 2 aromatic rings.